The van der Waals surface area contributed by atoms with Crippen molar-refractivity contribution in [2.45, 2.75) is 17.2 Å². The van der Waals surface area contributed by atoms with Crippen LogP contribution in [0, 0.1) is 0 Å². The Morgan fingerprint density at radius 2 is 1.95 bits per heavy atom. The summed E-state index contributed by atoms with van der Waals surface area (Å²) >= 11 is 5.05. The van der Waals surface area contributed by atoms with Crippen LogP contribution in [0.15, 0.2) is 54.7 Å². The maximum Gasteiger partial charge on any atom is 0.293 e. The predicted octanol–water partition coefficient (Wildman–Crippen LogP) is 3.84. The molecule has 1 aromatic carbocycles. The van der Waals surface area contributed by atoms with Crippen molar-refractivity contribution in [2.75, 3.05) is 0 Å². The highest BCUT2D eigenvalue weighted by molar-refractivity contribution is 9.10. The Bertz CT molecular complexity index is 724. The van der Waals surface area contributed by atoms with E-state index in [1.165, 1.54) is 0 Å². The molecule has 0 aliphatic carbocycles. The number of halogens is 1. The third kappa shape index (κ3) is 3.55. The monoisotopic (exact) mass is 365 g/mol. The van der Waals surface area contributed by atoms with Gasteiger partial charge in [0.2, 0.25) is 0 Å². The number of aromatic nitrogens is 2. The fourth-order valence-electron chi connectivity index (χ4n) is 1.69. The lowest BCUT2D eigenvalue weighted by Crippen LogP contribution is -1.92. The Morgan fingerprint density at radius 3 is 2.67 bits per heavy atom. The van der Waals surface area contributed by atoms with Crippen molar-refractivity contribution in [3.63, 3.8) is 0 Å². The maximum atomic E-state index is 5.50. The smallest absolute Gasteiger partial charge is 0.293 e. The van der Waals surface area contributed by atoms with Gasteiger partial charge in [-0.05, 0) is 36.4 Å². The molecule has 21 heavy (non-hydrogen) atoms. The normalized spacial score (nSPS) is 11.0. The average molecular weight is 366 g/mol. The zero-order valence-corrected chi connectivity index (χ0v) is 13.4. The summed E-state index contributed by atoms with van der Waals surface area (Å²) in [6.07, 6.45) is 0. The number of nitrogens with two attached hydrogens (primary N) is 1. The van der Waals surface area contributed by atoms with E-state index < -0.39 is 0 Å². The van der Waals surface area contributed by atoms with Crippen LogP contribution in [0.4, 0.5) is 0 Å². The van der Waals surface area contributed by atoms with Crippen LogP contribution >= 0.6 is 27.7 Å². The first kappa shape index (κ1) is 14.4. The van der Waals surface area contributed by atoms with Crippen molar-refractivity contribution in [2.24, 2.45) is 5.73 Å². The van der Waals surface area contributed by atoms with Crippen LogP contribution < -0.4 is 5.73 Å². The highest BCUT2D eigenvalue weighted by Gasteiger charge is 2.12. The molecule has 0 radical (unpaired) electrons. The number of thioether (sulfide) groups is 1. The van der Waals surface area contributed by atoms with E-state index in [9.17, 15) is 0 Å². The lowest BCUT2D eigenvalue weighted by atomic mass is 10.4. The molecule has 3 aromatic rings. The summed E-state index contributed by atoms with van der Waals surface area (Å²) in [5, 5.41) is 3.95. The summed E-state index contributed by atoms with van der Waals surface area (Å²) < 4.78 is 11.7. The van der Waals surface area contributed by atoms with E-state index in [0.717, 1.165) is 9.37 Å². The molecule has 0 spiro atoms. The third-order valence-corrected chi connectivity index (χ3v) is 4.26. The second kappa shape index (κ2) is 6.46. The summed E-state index contributed by atoms with van der Waals surface area (Å²) in [5.74, 6) is 2.87. The van der Waals surface area contributed by atoms with Crippen molar-refractivity contribution >= 4 is 27.7 Å². The molecule has 0 bridgehead atoms. The quantitative estimate of drug-likeness (QED) is 0.692. The highest BCUT2D eigenvalue weighted by Crippen LogP contribution is 2.25. The first-order valence-electron chi connectivity index (χ1n) is 6.24. The predicted molar refractivity (Wildman–Crippen MR) is 83.6 cm³/mol. The molecule has 2 aromatic heterocycles. The lowest BCUT2D eigenvalue weighted by molar-refractivity contribution is 0.407. The molecule has 0 fully saturated rings. The van der Waals surface area contributed by atoms with Gasteiger partial charge < -0.3 is 14.7 Å². The summed E-state index contributed by atoms with van der Waals surface area (Å²) in [6, 6.07) is 11.7. The van der Waals surface area contributed by atoms with E-state index >= 15 is 0 Å². The molecule has 7 heteroatoms. The molecule has 0 saturated carbocycles. The van der Waals surface area contributed by atoms with Gasteiger partial charge in [0.05, 0.1) is 12.3 Å². The Hall–Kier alpha value is -1.57. The summed E-state index contributed by atoms with van der Waals surface area (Å²) in [7, 11) is 0. The van der Waals surface area contributed by atoms with Crippen LogP contribution in [0.25, 0.3) is 11.7 Å². The third-order valence-electron chi connectivity index (χ3n) is 2.72. The molecular formula is C14H12BrN3O2S. The molecule has 0 unspecified atom stereocenters. The Labute approximate surface area is 134 Å². The number of benzene rings is 1. The van der Waals surface area contributed by atoms with Gasteiger partial charge >= 0.3 is 0 Å². The first-order chi connectivity index (χ1) is 10.2. The van der Waals surface area contributed by atoms with Gasteiger partial charge in [-0.1, -0.05) is 21.1 Å². The molecule has 0 saturated heterocycles. The molecule has 3 rings (SSSR count). The van der Waals surface area contributed by atoms with Gasteiger partial charge in [-0.25, -0.2) is 0 Å². The topological polar surface area (TPSA) is 78.1 Å². The summed E-state index contributed by atoms with van der Waals surface area (Å²) in [5.41, 5.74) is 5.50. The van der Waals surface area contributed by atoms with Gasteiger partial charge in [-0.15, -0.1) is 11.8 Å². The number of nitrogens with zero attached hydrogens (tertiary/aromatic N) is 2. The molecule has 5 nitrogen and oxygen atoms in total. The van der Waals surface area contributed by atoms with Crippen LogP contribution in [0.3, 0.4) is 0 Å². The van der Waals surface area contributed by atoms with Crippen LogP contribution in [-0.2, 0) is 12.3 Å². The van der Waals surface area contributed by atoms with Gasteiger partial charge in [0.1, 0.15) is 5.76 Å². The summed E-state index contributed by atoms with van der Waals surface area (Å²) in [6.45, 7) is 0.348. The van der Waals surface area contributed by atoms with E-state index in [-0.39, 0.29) is 0 Å². The van der Waals surface area contributed by atoms with E-state index in [1.54, 1.807) is 23.9 Å². The summed E-state index contributed by atoms with van der Waals surface area (Å²) in [4.78, 5) is 5.46. The van der Waals surface area contributed by atoms with Crippen molar-refractivity contribution in [1.82, 2.24) is 10.1 Å². The molecule has 0 atom stereocenters. The zero-order chi connectivity index (χ0) is 14.7. The van der Waals surface area contributed by atoms with Gasteiger partial charge in [0.25, 0.3) is 5.89 Å². The zero-order valence-electron chi connectivity index (χ0n) is 11.0. The number of furan rings is 1. The number of hydrogen-bond acceptors (Lipinski definition) is 6. The van der Waals surface area contributed by atoms with E-state index in [0.29, 0.717) is 35.5 Å². The Balaban J connectivity index is 1.66. The molecule has 108 valence electrons. The number of hydrogen-bond donors (Lipinski definition) is 1. The van der Waals surface area contributed by atoms with Crippen molar-refractivity contribution in [1.29, 1.82) is 0 Å². The SMILES string of the molecule is NCc1ccc(-c2nc(CSc3ccc(Br)cc3)no2)o1. The fraction of sp³-hybridized carbons (Fsp3) is 0.143. The highest BCUT2D eigenvalue weighted by atomic mass is 79.9. The van der Waals surface area contributed by atoms with Gasteiger partial charge in [0.15, 0.2) is 11.6 Å². The van der Waals surface area contributed by atoms with Crippen LogP contribution in [0.2, 0.25) is 0 Å². The Morgan fingerprint density at radius 1 is 1.14 bits per heavy atom. The first-order valence-corrected chi connectivity index (χ1v) is 8.02. The molecule has 0 aliphatic rings. The molecule has 0 amide bonds. The molecule has 0 aliphatic heterocycles. The van der Waals surface area contributed by atoms with Gasteiger partial charge in [-0.3, -0.25) is 0 Å². The van der Waals surface area contributed by atoms with Crippen molar-refractivity contribution in [3.05, 3.63) is 52.5 Å². The van der Waals surface area contributed by atoms with Crippen LogP contribution in [0.1, 0.15) is 11.6 Å². The fourth-order valence-corrected chi connectivity index (χ4v) is 2.70. The largest absolute Gasteiger partial charge is 0.455 e. The standard InChI is InChI=1S/C14H12BrN3O2S/c15-9-1-4-11(5-2-9)21-8-13-17-14(20-18-13)12-6-3-10(7-16)19-12/h1-6H,7-8,16H2. The number of rotatable bonds is 5. The van der Waals surface area contributed by atoms with Crippen LogP contribution in [0.5, 0.6) is 0 Å². The second-order valence-electron chi connectivity index (χ2n) is 4.23. The lowest BCUT2D eigenvalue weighted by Gasteiger charge is -1.97. The van der Waals surface area contributed by atoms with Gasteiger partial charge in [0, 0.05) is 9.37 Å². The molecule has 2 N–H and O–H groups in total. The minimum absolute atomic E-state index is 0.348. The molecular weight excluding hydrogens is 354 g/mol. The Kier molecular flexibility index (Phi) is 4.42. The van der Waals surface area contributed by atoms with Crippen molar-refractivity contribution < 1.29 is 8.94 Å². The molecule has 2 heterocycles. The van der Waals surface area contributed by atoms with E-state index in [1.807, 2.05) is 24.3 Å². The van der Waals surface area contributed by atoms with E-state index in [4.69, 9.17) is 14.7 Å². The van der Waals surface area contributed by atoms with E-state index in [2.05, 4.69) is 26.1 Å². The van der Waals surface area contributed by atoms with Gasteiger partial charge in [-0.2, -0.15) is 4.98 Å². The second-order valence-corrected chi connectivity index (χ2v) is 6.19. The minimum atomic E-state index is 0.348. The maximum absolute atomic E-state index is 5.50. The van der Waals surface area contributed by atoms with Crippen LogP contribution in [-0.4, -0.2) is 10.1 Å². The minimum Gasteiger partial charge on any atom is -0.455 e. The average Bonchev–Trinajstić information content (AvgIpc) is 3.15. The van der Waals surface area contributed by atoms with Crippen molar-refractivity contribution in [3.8, 4) is 11.7 Å².